The summed E-state index contributed by atoms with van der Waals surface area (Å²) in [6.45, 7) is 5.88. The number of benzene rings is 4. The Morgan fingerprint density at radius 1 is 0.682 bits per heavy atom. The molecular formula is C38H38FN3O2. The predicted molar refractivity (Wildman–Crippen MR) is 173 cm³/mol. The van der Waals surface area contributed by atoms with Crippen LogP contribution in [-0.2, 0) is 24.4 Å². The lowest BCUT2D eigenvalue weighted by molar-refractivity contribution is -0.133. The lowest BCUT2D eigenvalue weighted by Crippen LogP contribution is -2.44. The van der Waals surface area contributed by atoms with Crippen molar-refractivity contribution in [2.45, 2.75) is 33.5 Å². The van der Waals surface area contributed by atoms with Gasteiger partial charge >= 0.3 is 0 Å². The molecule has 0 atom stereocenters. The Labute approximate surface area is 259 Å². The maximum Gasteiger partial charge on any atom is 0.254 e. The first-order valence-electron chi connectivity index (χ1n) is 15.0. The third-order valence-corrected chi connectivity index (χ3v) is 7.55. The molecule has 0 aliphatic carbocycles. The van der Waals surface area contributed by atoms with E-state index in [4.69, 9.17) is 0 Å². The minimum Gasteiger partial charge on any atom is -0.345 e. The van der Waals surface area contributed by atoms with Gasteiger partial charge in [-0.25, -0.2) is 4.39 Å². The zero-order valence-corrected chi connectivity index (χ0v) is 25.3. The second-order valence-corrected chi connectivity index (χ2v) is 11.5. The molecule has 1 heterocycles. The van der Waals surface area contributed by atoms with E-state index in [0.717, 1.165) is 27.9 Å². The summed E-state index contributed by atoms with van der Waals surface area (Å²) in [5, 5.41) is 0. The van der Waals surface area contributed by atoms with Crippen LogP contribution in [0.3, 0.4) is 0 Å². The van der Waals surface area contributed by atoms with E-state index in [1.165, 1.54) is 12.1 Å². The molecular weight excluding hydrogens is 549 g/mol. The van der Waals surface area contributed by atoms with E-state index < -0.39 is 0 Å². The van der Waals surface area contributed by atoms with Crippen LogP contribution in [0.15, 0.2) is 128 Å². The van der Waals surface area contributed by atoms with Gasteiger partial charge in [-0.15, -0.1) is 0 Å². The zero-order valence-electron chi connectivity index (χ0n) is 25.3. The summed E-state index contributed by atoms with van der Waals surface area (Å²) in [7, 11) is 0. The Bertz CT molecular complexity index is 1650. The normalized spacial score (nSPS) is 11.0. The van der Waals surface area contributed by atoms with E-state index in [1.54, 1.807) is 17.0 Å². The van der Waals surface area contributed by atoms with Crippen LogP contribution < -0.4 is 0 Å². The fraction of sp³-hybridized carbons (Fsp3) is 0.211. The third kappa shape index (κ3) is 8.10. The number of nitrogens with zero attached hydrogens (tertiary/aromatic N) is 3. The van der Waals surface area contributed by atoms with E-state index in [9.17, 15) is 14.0 Å². The number of aromatic nitrogens is 1. The van der Waals surface area contributed by atoms with E-state index in [1.807, 2.05) is 122 Å². The molecule has 2 amide bonds. The fourth-order valence-electron chi connectivity index (χ4n) is 5.31. The topological polar surface area (TPSA) is 45.6 Å². The smallest absolute Gasteiger partial charge is 0.254 e. The Morgan fingerprint density at radius 2 is 1.32 bits per heavy atom. The first-order valence-corrected chi connectivity index (χ1v) is 15.0. The van der Waals surface area contributed by atoms with Crippen molar-refractivity contribution in [3.63, 3.8) is 0 Å². The highest BCUT2D eigenvalue weighted by Gasteiger charge is 2.24. The second-order valence-electron chi connectivity index (χ2n) is 11.5. The first-order chi connectivity index (χ1) is 21.4. The minimum atomic E-state index is -0.270. The van der Waals surface area contributed by atoms with E-state index in [0.29, 0.717) is 31.7 Å². The third-order valence-electron chi connectivity index (χ3n) is 7.55. The molecule has 0 bridgehead atoms. The van der Waals surface area contributed by atoms with E-state index in [2.05, 4.69) is 4.57 Å². The molecule has 5 rings (SSSR count). The van der Waals surface area contributed by atoms with E-state index in [-0.39, 0.29) is 30.1 Å². The molecule has 4 aromatic carbocycles. The molecule has 0 fully saturated rings. The summed E-state index contributed by atoms with van der Waals surface area (Å²) in [6.07, 6.45) is 1.97. The summed E-state index contributed by atoms with van der Waals surface area (Å²) in [6, 6.07) is 37.9. The van der Waals surface area contributed by atoms with Crippen molar-refractivity contribution in [3.8, 4) is 11.1 Å². The van der Waals surface area contributed by atoms with Crippen molar-refractivity contribution in [1.82, 2.24) is 14.4 Å². The van der Waals surface area contributed by atoms with Gasteiger partial charge in [-0.2, -0.15) is 0 Å². The molecule has 224 valence electrons. The Hall–Kier alpha value is -4.97. The lowest BCUT2D eigenvalue weighted by Gasteiger charge is -2.29. The maximum absolute atomic E-state index is 14.0. The van der Waals surface area contributed by atoms with Crippen LogP contribution in [0.2, 0.25) is 0 Å². The molecule has 1 aromatic heterocycles. The molecule has 5 aromatic rings. The lowest BCUT2D eigenvalue weighted by atomic mass is 10.0. The van der Waals surface area contributed by atoms with Crippen LogP contribution in [0.5, 0.6) is 0 Å². The van der Waals surface area contributed by atoms with Gasteiger partial charge in [0.05, 0.1) is 6.54 Å². The molecule has 0 saturated heterocycles. The highest BCUT2D eigenvalue weighted by Crippen LogP contribution is 2.21. The summed E-state index contributed by atoms with van der Waals surface area (Å²) in [4.78, 5) is 31.3. The van der Waals surface area contributed by atoms with Crippen molar-refractivity contribution >= 4 is 11.8 Å². The molecule has 0 radical (unpaired) electrons. The molecule has 6 heteroatoms. The molecule has 0 aliphatic rings. The number of rotatable bonds is 12. The summed E-state index contributed by atoms with van der Waals surface area (Å²) < 4.78 is 15.5. The quantitative estimate of drug-likeness (QED) is 0.150. The number of halogens is 1. The van der Waals surface area contributed by atoms with Crippen LogP contribution in [0, 0.1) is 11.7 Å². The average Bonchev–Trinajstić information content (AvgIpc) is 3.48. The van der Waals surface area contributed by atoms with Gasteiger partial charge in [-0.05, 0) is 64.6 Å². The van der Waals surface area contributed by atoms with Crippen LogP contribution >= 0.6 is 0 Å². The summed E-state index contributed by atoms with van der Waals surface area (Å²) in [5.74, 6) is -0.371. The van der Waals surface area contributed by atoms with Crippen molar-refractivity contribution in [3.05, 3.63) is 156 Å². The van der Waals surface area contributed by atoms with Gasteiger partial charge in [0, 0.05) is 37.1 Å². The van der Waals surface area contributed by atoms with Gasteiger partial charge in [0.1, 0.15) is 12.4 Å². The van der Waals surface area contributed by atoms with Crippen molar-refractivity contribution in [1.29, 1.82) is 0 Å². The van der Waals surface area contributed by atoms with Crippen molar-refractivity contribution in [2.24, 2.45) is 5.92 Å². The molecule has 0 aliphatic heterocycles. The Kier molecular flexibility index (Phi) is 10.0. The molecule has 0 spiro atoms. The number of hydrogen-bond acceptors (Lipinski definition) is 2. The molecule has 0 saturated carbocycles. The second kappa shape index (κ2) is 14.5. The Balaban J connectivity index is 1.36. The monoisotopic (exact) mass is 587 g/mol. The van der Waals surface area contributed by atoms with Crippen LogP contribution in [0.1, 0.15) is 41.0 Å². The first kappa shape index (κ1) is 30.5. The highest BCUT2D eigenvalue weighted by atomic mass is 19.1. The number of amides is 2. The predicted octanol–water partition coefficient (Wildman–Crippen LogP) is 7.67. The molecule has 0 unspecified atom stereocenters. The van der Waals surface area contributed by atoms with Crippen molar-refractivity contribution < 1.29 is 14.0 Å². The van der Waals surface area contributed by atoms with Crippen LogP contribution in [-0.4, -0.2) is 39.3 Å². The number of carbonyl (C=O) groups is 2. The molecule has 5 nitrogen and oxygen atoms in total. The fourth-order valence-corrected chi connectivity index (χ4v) is 5.31. The van der Waals surface area contributed by atoms with Gasteiger partial charge in [0.2, 0.25) is 5.91 Å². The van der Waals surface area contributed by atoms with Gasteiger partial charge in [0.25, 0.3) is 5.91 Å². The van der Waals surface area contributed by atoms with Gasteiger partial charge in [0.15, 0.2) is 0 Å². The highest BCUT2D eigenvalue weighted by molar-refractivity contribution is 5.97. The molecule has 0 N–H and O–H groups in total. The zero-order chi connectivity index (χ0) is 30.9. The van der Waals surface area contributed by atoms with Crippen molar-refractivity contribution in [2.75, 3.05) is 13.1 Å². The van der Waals surface area contributed by atoms with Gasteiger partial charge in [-0.3, -0.25) is 9.59 Å². The summed E-state index contributed by atoms with van der Waals surface area (Å²) in [5.41, 5.74) is 5.61. The molecule has 44 heavy (non-hydrogen) atoms. The van der Waals surface area contributed by atoms with Gasteiger partial charge < -0.3 is 14.4 Å². The maximum atomic E-state index is 14.0. The largest absolute Gasteiger partial charge is 0.345 e. The van der Waals surface area contributed by atoms with Gasteiger partial charge in [-0.1, -0.05) is 98.8 Å². The van der Waals surface area contributed by atoms with Crippen LogP contribution in [0.4, 0.5) is 4.39 Å². The Morgan fingerprint density at radius 3 is 1.98 bits per heavy atom. The summed E-state index contributed by atoms with van der Waals surface area (Å²) >= 11 is 0. The number of carbonyl (C=O) groups excluding carboxylic acids is 2. The minimum absolute atomic E-state index is 0.0248. The average molecular weight is 588 g/mol. The SMILES string of the molecule is CC(C)CN(CC(=O)N(Cc1ccccc1)Cc1cccn1Cc1ccc(F)cc1)C(=O)c1ccc(-c2ccccc2)cc1. The van der Waals surface area contributed by atoms with Crippen LogP contribution in [0.25, 0.3) is 11.1 Å². The number of hydrogen-bond donors (Lipinski definition) is 0. The van der Waals surface area contributed by atoms with E-state index >= 15 is 0 Å². The standard InChI is InChI=1S/C38H38FN3O2/c1-29(2)24-42(38(44)34-19-17-33(18-20-34)32-12-7-4-8-13-32)28-37(43)41(26-30-10-5-3-6-11-30)27-36-14-9-23-40(36)25-31-15-21-35(39)22-16-31/h3-23,29H,24-28H2,1-2H3.